The minimum atomic E-state index is -3.87. The minimum Gasteiger partial charge on any atom is -0.380 e. The Hall–Kier alpha value is -0.670. The highest BCUT2D eigenvalue weighted by molar-refractivity contribution is 7.53. The molecule has 0 aliphatic rings. The van der Waals surface area contributed by atoms with E-state index in [-0.39, 0.29) is 6.42 Å². The van der Waals surface area contributed by atoms with Gasteiger partial charge in [-0.25, -0.2) is 0 Å². The second-order valence-corrected chi connectivity index (χ2v) is 5.01. The molecule has 1 aromatic rings. The van der Waals surface area contributed by atoms with E-state index in [4.69, 9.17) is 4.89 Å². The van der Waals surface area contributed by atoms with Crippen LogP contribution in [-0.4, -0.2) is 23.0 Å². The summed E-state index contributed by atoms with van der Waals surface area (Å²) < 4.78 is 15.5. The SMILES string of the molecule is COP(=O)(O)C(O)Cc1ccccc1. The van der Waals surface area contributed by atoms with Gasteiger partial charge in [0.25, 0.3) is 0 Å². The molecule has 0 aliphatic heterocycles. The number of benzene rings is 1. The van der Waals surface area contributed by atoms with Crippen molar-refractivity contribution < 1.29 is 19.1 Å². The first kappa shape index (κ1) is 11.4. The second-order valence-electron chi connectivity index (χ2n) is 2.92. The smallest absolute Gasteiger partial charge is 0.356 e. The van der Waals surface area contributed by atoms with E-state index in [1.807, 2.05) is 6.07 Å². The Morgan fingerprint density at radius 1 is 1.43 bits per heavy atom. The Balaban J connectivity index is 2.67. The van der Waals surface area contributed by atoms with Gasteiger partial charge in [0, 0.05) is 13.5 Å². The molecule has 0 aromatic heterocycles. The van der Waals surface area contributed by atoms with Crippen LogP contribution in [0, 0.1) is 0 Å². The first-order valence-electron chi connectivity index (χ1n) is 4.16. The highest BCUT2D eigenvalue weighted by Gasteiger charge is 2.28. The maximum atomic E-state index is 11.2. The van der Waals surface area contributed by atoms with Gasteiger partial charge in [-0.3, -0.25) is 4.57 Å². The van der Waals surface area contributed by atoms with Crippen molar-refractivity contribution in [2.24, 2.45) is 0 Å². The Kier molecular flexibility index (Phi) is 3.84. The fraction of sp³-hybridized carbons (Fsp3) is 0.333. The molecular formula is C9H13O4P. The van der Waals surface area contributed by atoms with Crippen LogP contribution in [0.3, 0.4) is 0 Å². The maximum absolute atomic E-state index is 11.2. The van der Waals surface area contributed by atoms with Crippen molar-refractivity contribution in [2.45, 2.75) is 12.3 Å². The van der Waals surface area contributed by atoms with Crippen LogP contribution >= 0.6 is 7.60 Å². The van der Waals surface area contributed by atoms with Crippen LogP contribution < -0.4 is 0 Å². The van der Waals surface area contributed by atoms with Crippen molar-refractivity contribution in [1.29, 1.82) is 0 Å². The van der Waals surface area contributed by atoms with Gasteiger partial charge < -0.3 is 14.5 Å². The maximum Gasteiger partial charge on any atom is 0.356 e. The first-order chi connectivity index (χ1) is 6.56. The van der Waals surface area contributed by atoms with Gasteiger partial charge in [-0.15, -0.1) is 0 Å². The third-order valence-electron chi connectivity index (χ3n) is 1.90. The van der Waals surface area contributed by atoms with Gasteiger partial charge in [0.15, 0.2) is 5.85 Å². The quantitative estimate of drug-likeness (QED) is 0.746. The molecule has 0 amide bonds. The van der Waals surface area contributed by atoms with E-state index < -0.39 is 13.4 Å². The summed E-state index contributed by atoms with van der Waals surface area (Å²) in [6, 6.07) is 9.00. The lowest BCUT2D eigenvalue weighted by Crippen LogP contribution is -2.11. The van der Waals surface area contributed by atoms with Gasteiger partial charge in [-0.2, -0.15) is 0 Å². The lowest BCUT2D eigenvalue weighted by atomic mass is 10.2. The Labute approximate surface area is 82.7 Å². The van der Waals surface area contributed by atoms with Crippen molar-refractivity contribution in [3.8, 4) is 0 Å². The molecule has 5 heteroatoms. The molecule has 0 bridgehead atoms. The van der Waals surface area contributed by atoms with Crippen LogP contribution in [0.1, 0.15) is 5.56 Å². The molecule has 0 saturated heterocycles. The largest absolute Gasteiger partial charge is 0.380 e. The number of hydrogen-bond donors (Lipinski definition) is 2. The molecule has 0 aliphatic carbocycles. The highest BCUT2D eigenvalue weighted by atomic mass is 31.2. The van der Waals surface area contributed by atoms with E-state index in [0.29, 0.717) is 0 Å². The van der Waals surface area contributed by atoms with Gasteiger partial charge >= 0.3 is 7.60 Å². The topological polar surface area (TPSA) is 66.8 Å². The molecule has 2 unspecified atom stereocenters. The molecule has 2 atom stereocenters. The lowest BCUT2D eigenvalue weighted by molar-refractivity contribution is 0.188. The van der Waals surface area contributed by atoms with Crippen LogP contribution in [0.15, 0.2) is 30.3 Å². The summed E-state index contributed by atoms with van der Waals surface area (Å²) in [4.78, 5) is 9.14. The Bertz CT molecular complexity index is 325. The van der Waals surface area contributed by atoms with E-state index >= 15 is 0 Å². The molecule has 0 fully saturated rings. The van der Waals surface area contributed by atoms with Crippen LogP contribution in [0.4, 0.5) is 0 Å². The summed E-state index contributed by atoms with van der Waals surface area (Å²) in [6.07, 6.45) is 0.114. The van der Waals surface area contributed by atoms with Gasteiger partial charge in [0.1, 0.15) is 0 Å². The zero-order valence-corrected chi connectivity index (χ0v) is 8.72. The Morgan fingerprint density at radius 3 is 2.50 bits per heavy atom. The third kappa shape index (κ3) is 2.93. The van der Waals surface area contributed by atoms with Crippen molar-refractivity contribution in [2.75, 3.05) is 7.11 Å². The molecule has 0 spiro atoms. The molecule has 2 N–H and O–H groups in total. The summed E-state index contributed by atoms with van der Waals surface area (Å²) in [6.45, 7) is 0. The Morgan fingerprint density at radius 2 is 2.00 bits per heavy atom. The van der Waals surface area contributed by atoms with Gasteiger partial charge in [0.2, 0.25) is 0 Å². The molecule has 14 heavy (non-hydrogen) atoms. The fourth-order valence-electron chi connectivity index (χ4n) is 1.06. The standard InChI is InChI=1S/C9H13O4P/c1-13-14(11,12)9(10)7-8-5-3-2-4-6-8/h2-6,9-10H,7H2,1H3,(H,11,12). The van der Waals surface area contributed by atoms with Crippen molar-refractivity contribution in [3.05, 3.63) is 35.9 Å². The molecule has 0 radical (unpaired) electrons. The van der Waals surface area contributed by atoms with Crippen LogP contribution in [-0.2, 0) is 15.5 Å². The number of hydrogen-bond acceptors (Lipinski definition) is 3. The number of rotatable bonds is 4. The highest BCUT2D eigenvalue weighted by Crippen LogP contribution is 2.46. The van der Waals surface area contributed by atoms with E-state index in [0.717, 1.165) is 12.7 Å². The van der Waals surface area contributed by atoms with Crippen LogP contribution in [0.2, 0.25) is 0 Å². The average molecular weight is 216 g/mol. The summed E-state index contributed by atoms with van der Waals surface area (Å²) >= 11 is 0. The monoisotopic (exact) mass is 216 g/mol. The first-order valence-corrected chi connectivity index (χ1v) is 5.81. The second kappa shape index (κ2) is 4.71. The number of aliphatic hydroxyl groups excluding tert-OH is 1. The minimum absolute atomic E-state index is 0.114. The van der Waals surface area contributed by atoms with E-state index in [9.17, 15) is 9.67 Å². The summed E-state index contributed by atoms with van der Waals surface area (Å²) in [7, 11) is -2.77. The summed E-state index contributed by atoms with van der Waals surface area (Å²) in [5.41, 5.74) is 0.798. The van der Waals surface area contributed by atoms with E-state index in [1.165, 1.54) is 0 Å². The van der Waals surface area contributed by atoms with E-state index in [2.05, 4.69) is 4.52 Å². The van der Waals surface area contributed by atoms with Gasteiger partial charge in [0.05, 0.1) is 0 Å². The zero-order valence-electron chi connectivity index (χ0n) is 7.83. The van der Waals surface area contributed by atoms with Crippen molar-refractivity contribution in [3.63, 3.8) is 0 Å². The van der Waals surface area contributed by atoms with Crippen LogP contribution in [0.5, 0.6) is 0 Å². The zero-order chi connectivity index (χ0) is 10.6. The molecule has 78 valence electrons. The average Bonchev–Trinajstić information content (AvgIpc) is 2.19. The summed E-state index contributed by atoms with van der Waals surface area (Å²) in [5.74, 6) is -1.37. The fourth-order valence-corrected chi connectivity index (χ4v) is 1.75. The predicted molar refractivity (Wildman–Crippen MR) is 53.0 cm³/mol. The molecule has 4 nitrogen and oxygen atoms in total. The van der Waals surface area contributed by atoms with Crippen LogP contribution in [0.25, 0.3) is 0 Å². The normalized spacial score (nSPS) is 17.4. The van der Waals surface area contributed by atoms with Crippen molar-refractivity contribution >= 4 is 7.60 Å². The van der Waals surface area contributed by atoms with Crippen molar-refractivity contribution in [1.82, 2.24) is 0 Å². The molecular weight excluding hydrogens is 203 g/mol. The molecule has 0 saturated carbocycles. The predicted octanol–water partition coefficient (Wildman–Crippen LogP) is 1.38. The summed E-state index contributed by atoms with van der Waals surface area (Å²) in [5, 5.41) is 9.39. The molecule has 1 rings (SSSR count). The third-order valence-corrected chi connectivity index (χ3v) is 3.36. The lowest BCUT2D eigenvalue weighted by Gasteiger charge is -2.15. The molecule has 1 aromatic carbocycles. The van der Waals surface area contributed by atoms with E-state index in [1.54, 1.807) is 24.3 Å². The number of aliphatic hydroxyl groups is 1. The van der Waals surface area contributed by atoms with Gasteiger partial charge in [-0.05, 0) is 5.56 Å². The molecule has 0 heterocycles. The van der Waals surface area contributed by atoms with Gasteiger partial charge in [-0.1, -0.05) is 30.3 Å².